The number of nitrogens with one attached hydrogen (secondary N) is 1. The number of hydrogen-bond acceptors (Lipinski definition) is 4. The molecule has 0 unspecified atom stereocenters. The molecule has 0 bridgehead atoms. The fourth-order valence-corrected chi connectivity index (χ4v) is 4.30. The Balaban J connectivity index is 1.59. The molecule has 1 heterocycles. The molecule has 1 aliphatic heterocycles. The van der Waals surface area contributed by atoms with Gasteiger partial charge in [-0.3, -0.25) is 0 Å². The number of urea groups is 1. The van der Waals surface area contributed by atoms with Crippen LogP contribution in [-0.2, 0) is 16.6 Å². The number of rotatable bonds is 5. The van der Waals surface area contributed by atoms with Gasteiger partial charge in [-0.1, -0.05) is 36.4 Å². The largest absolute Gasteiger partial charge is 0.368 e. The zero-order valence-electron chi connectivity index (χ0n) is 16.2. The van der Waals surface area contributed by atoms with Gasteiger partial charge in [-0.2, -0.15) is 0 Å². The van der Waals surface area contributed by atoms with Crippen molar-refractivity contribution in [2.75, 3.05) is 45.2 Å². The van der Waals surface area contributed by atoms with Crippen molar-refractivity contribution < 1.29 is 13.2 Å². The molecule has 1 fully saturated rings. The maximum absolute atomic E-state index is 12.5. The summed E-state index contributed by atoms with van der Waals surface area (Å²) in [6.45, 7) is 2.95. The molecule has 1 saturated heterocycles. The van der Waals surface area contributed by atoms with Crippen molar-refractivity contribution >= 4 is 21.7 Å². The zero-order chi connectivity index (χ0) is 20.1. The van der Waals surface area contributed by atoms with Gasteiger partial charge in [-0.05, 0) is 23.8 Å². The van der Waals surface area contributed by atoms with E-state index in [0.29, 0.717) is 18.7 Å². The van der Waals surface area contributed by atoms with Crippen LogP contribution in [0.3, 0.4) is 0 Å². The number of para-hydroxylation sites is 1. The van der Waals surface area contributed by atoms with Crippen molar-refractivity contribution in [3.05, 3.63) is 60.2 Å². The normalized spacial score (nSPS) is 15.0. The van der Waals surface area contributed by atoms with Gasteiger partial charge in [-0.25, -0.2) is 17.5 Å². The molecule has 2 aromatic rings. The number of carbonyl (C=O) groups excluding carboxylic acids is 1. The van der Waals surface area contributed by atoms with E-state index in [9.17, 15) is 13.2 Å². The number of hydrogen-bond donors (Lipinski definition) is 1. The Hall–Kier alpha value is -2.58. The fraction of sp³-hybridized carbons (Fsp3) is 0.350. The van der Waals surface area contributed by atoms with E-state index >= 15 is 0 Å². The third-order valence-corrected chi connectivity index (χ3v) is 6.77. The molecule has 28 heavy (non-hydrogen) atoms. The number of carbonyl (C=O) groups is 1. The Morgan fingerprint density at radius 2 is 1.57 bits per heavy atom. The smallest absolute Gasteiger partial charge is 0.317 e. The van der Waals surface area contributed by atoms with E-state index in [1.165, 1.54) is 18.4 Å². The van der Waals surface area contributed by atoms with Gasteiger partial charge >= 0.3 is 6.03 Å². The SMILES string of the molecule is CN(C)S(=O)(=O)c1ccccc1CNC(=O)N1CCN(c2ccccc2)CC1. The van der Waals surface area contributed by atoms with Crippen molar-refractivity contribution in [3.63, 3.8) is 0 Å². The summed E-state index contributed by atoms with van der Waals surface area (Å²) in [6, 6.07) is 16.7. The summed E-state index contributed by atoms with van der Waals surface area (Å²) in [4.78, 5) is 16.8. The summed E-state index contributed by atoms with van der Waals surface area (Å²) in [5.41, 5.74) is 1.73. The topological polar surface area (TPSA) is 73.0 Å². The van der Waals surface area contributed by atoms with Gasteiger partial charge in [0.2, 0.25) is 10.0 Å². The first-order valence-electron chi connectivity index (χ1n) is 9.23. The van der Waals surface area contributed by atoms with Crippen LogP contribution in [0.5, 0.6) is 0 Å². The maximum Gasteiger partial charge on any atom is 0.317 e. The van der Waals surface area contributed by atoms with E-state index in [2.05, 4.69) is 22.3 Å². The molecule has 0 spiro atoms. The minimum absolute atomic E-state index is 0.168. The molecule has 8 heteroatoms. The van der Waals surface area contributed by atoms with Gasteiger partial charge in [0, 0.05) is 52.5 Å². The van der Waals surface area contributed by atoms with Crippen LogP contribution >= 0.6 is 0 Å². The van der Waals surface area contributed by atoms with Gasteiger partial charge in [0.05, 0.1) is 4.90 Å². The number of nitrogens with zero attached hydrogens (tertiary/aromatic N) is 3. The second-order valence-electron chi connectivity index (χ2n) is 6.86. The van der Waals surface area contributed by atoms with E-state index < -0.39 is 10.0 Å². The van der Waals surface area contributed by atoms with Crippen LogP contribution < -0.4 is 10.2 Å². The molecule has 0 saturated carbocycles. The number of piperazine rings is 1. The van der Waals surface area contributed by atoms with Crippen LogP contribution in [0.1, 0.15) is 5.56 Å². The maximum atomic E-state index is 12.5. The van der Waals surface area contributed by atoms with Gasteiger partial charge in [0.25, 0.3) is 0 Å². The molecule has 2 aromatic carbocycles. The van der Waals surface area contributed by atoms with Gasteiger partial charge in [0.15, 0.2) is 0 Å². The predicted molar refractivity (Wildman–Crippen MR) is 110 cm³/mol. The molecule has 0 radical (unpaired) electrons. The van der Waals surface area contributed by atoms with Crippen LogP contribution in [0.15, 0.2) is 59.5 Å². The Kier molecular flexibility index (Phi) is 6.21. The quantitative estimate of drug-likeness (QED) is 0.830. The third-order valence-electron chi connectivity index (χ3n) is 4.85. The highest BCUT2D eigenvalue weighted by atomic mass is 32.2. The van der Waals surface area contributed by atoms with Crippen LogP contribution in [0, 0.1) is 0 Å². The summed E-state index contributed by atoms with van der Waals surface area (Å²) >= 11 is 0. The molecule has 3 rings (SSSR count). The van der Waals surface area contributed by atoms with Crippen molar-refractivity contribution in [3.8, 4) is 0 Å². The van der Waals surface area contributed by atoms with E-state index in [4.69, 9.17) is 0 Å². The van der Waals surface area contributed by atoms with E-state index in [1.807, 2.05) is 18.2 Å². The van der Waals surface area contributed by atoms with Crippen LogP contribution in [0.25, 0.3) is 0 Å². The molecule has 1 aliphatic rings. The van der Waals surface area contributed by atoms with E-state index in [1.54, 1.807) is 29.2 Å². The highest BCUT2D eigenvalue weighted by Gasteiger charge is 2.23. The first-order chi connectivity index (χ1) is 13.4. The highest BCUT2D eigenvalue weighted by Crippen LogP contribution is 2.19. The summed E-state index contributed by atoms with van der Waals surface area (Å²) in [7, 11) is -0.563. The average Bonchev–Trinajstić information content (AvgIpc) is 2.73. The van der Waals surface area contributed by atoms with Gasteiger partial charge in [-0.15, -0.1) is 0 Å². The van der Waals surface area contributed by atoms with Crippen LogP contribution in [-0.4, -0.2) is 63.9 Å². The number of amides is 2. The Labute approximate surface area is 166 Å². The number of sulfonamides is 1. The van der Waals surface area contributed by atoms with Crippen molar-refractivity contribution in [1.29, 1.82) is 0 Å². The van der Waals surface area contributed by atoms with Crippen molar-refractivity contribution in [2.24, 2.45) is 0 Å². The number of benzene rings is 2. The molecule has 0 aromatic heterocycles. The lowest BCUT2D eigenvalue weighted by atomic mass is 10.2. The lowest BCUT2D eigenvalue weighted by Crippen LogP contribution is -2.51. The molecular formula is C20H26N4O3S. The Morgan fingerprint density at radius 3 is 2.21 bits per heavy atom. The van der Waals surface area contributed by atoms with Gasteiger partial charge < -0.3 is 15.1 Å². The summed E-state index contributed by atoms with van der Waals surface area (Å²) < 4.78 is 26.1. The second kappa shape index (κ2) is 8.62. The second-order valence-corrected chi connectivity index (χ2v) is 8.98. The summed E-state index contributed by atoms with van der Waals surface area (Å²) in [6.07, 6.45) is 0. The summed E-state index contributed by atoms with van der Waals surface area (Å²) in [5, 5.41) is 2.86. The highest BCUT2D eigenvalue weighted by molar-refractivity contribution is 7.89. The van der Waals surface area contributed by atoms with Gasteiger partial charge in [0.1, 0.15) is 0 Å². The minimum atomic E-state index is -3.56. The lowest BCUT2D eigenvalue weighted by molar-refractivity contribution is 0.194. The van der Waals surface area contributed by atoms with Crippen LogP contribution in [0.4, 0.5) is 10.5 Å². The van der Waals surface area contributed by atoms with Crippen molar-refractivity contribution in [2.45, 2.75) is 11.4 Å². The zero-order valence-corrected chi connectivity index (χ0v) is 17.0. The first-order valence-corrected chi connectivity index (χ1v) is 10.7. The van der Waals surface area contributed by atoms with Crippen molar-refractivity contribution in [1.82, 2.24) is 14.5 Å². The molecule has 150 valence electrons. The lowest BCUT2D eigenvalue weighted by Gasteiger charge is -2.36. The minimum Gasteiger partial charge on any atom is -0.368 e. The van der Waals surface area contributed by atoms with E-state index in [0.717, 1.165) is 18.8 Å². The molecule has 1 N–H and O–H groups in total. The van der Waals surface area contributed by atoms with E-state index in [-0.39, 0.29) is 17.5 Å². The Morgan fingerprint density at radius 1 is 0.964 bits per heavy atom. The van der Waals surface area contributed by atoms with Crippen LogP contribution in [0.2, 0.25) is 0 Å². The standard InChI is InChI=1S/C20H26N4O3S/c1-22(2)28(26,27)19-11-7-6-8-17(19)16-21-20(25)24-14-12-23(13-15-24)18-9-4-3-5-10-18/h3-11H,12-16H2,1-2H3,(H,21,25). The fourth-order valence-electron chi connectivity index (χ4n) is 3.19. The molecule has 2 amide bonds. The molecule has 0 atom stereocenters. The number of anilines is 1. The summed E-state index contributed by atoms with van der Waals surface area (Å²) in [5.74, 6) is 0. The third kappa shape index (κ3) is 4.45. The predicted octanol–water partition coefficient (Wildman–Crippen LogP) is 1.97. The molecular weight excluding hydrogens is 376 g/mol. The molecule has 0 aliphatic carbocycles. The average molecular weight is 403 g/mol. The first kappa shape index (κ1) is 20.2. The monoisotopic (exact) mass is 402 g/mol. The Bertz CT molecular complexity index is 908. The molecule has 7 nitrogen and oxygen atoms in total.